The van der Waals surface area contributed by atoms with Gasteiger partial charge in [0.25, 0.3) is 5.91 Å². The smallest absolute Gasteiger partial charge is 0.475 e. The molecular weight excluding hydrogens is 421 g/mol. The highest BCUT2D eigenvalue weighted by molar-refractivity contribution is 5.91. The molecule has 170 valence electrons. The average Bonchev–Trinajstić information content (AvgIpc) is 3.42. The molecule has 1 amide bonds. The van der Waals surface area contributed by atoms with Crippen LogP contribution in [0.2, 0.25) is 0 Å². The maximum Gasteiger partial charge on any atom is 0.490 e. The van der Waals surface area contributed by atoms with Gasteiger partial charge in [-0.2, -0.15) is 18.3 Å². The van der Waals surface area contributed by atoms with Crippen molar-refractivity contribution >= 4 is 11.9 Å². The van der Waals surface area contributed by atoms with Crippen LogP contribution in [0.1, 0.15) is 16.1 Å². The van der Waals surface area contributed by atoms with Crippen molar-refractivity contribution in [1.29, 1.82) is 0 Å². The Morgan fingerprint density at radius 2 is 2.03 bits per heavy atom. The number of carbonyl (C=O) groups is 2. The molecule has 0 spiro atoms. The highest BCUT2D eigenvalue weighted by Gasteiger charge is 2.39. The van der Waals surface area contributed by atoms with E-state index in [2.05, 4.69) is 10.00 Å². The first-order valence-electron chi connectivity index (χ1n) is 9.58. The fraction of sp³-hybridized carbons (Fsp3) is 0.526. The van der Waals surface area contributed by atoms with Gasteiger partial charge in [-0.3, -0.25) is 14.4 Å². The van der Waals surface area contributed by atoms with Gasteiger partial charge < -0.3 is 19.2 Å². The maximum atomic E-state index is 12.5. The van der Waals surface area contributed by atoms with Crippen molar-refractivity contribution in [3.8, 4) is 0 Å². The average molecular weight is 444 g/mol. The molecule has 4 rings (SSSR count). The number of hydrogen-bond donors (Lipinski definition) is 1. The molecule has 2 atom stereocenters. The van der Waals surface area contributed by atoms with Crippen LogP contribution in [0.5, 0.6) is 0 Å². The summed E-state index contributed by atoms with van der Waals surface area (Å²) in [7, 11) is 1.93. The Hall–Kier alpha value is -2.86. The number of likely N-dealkylation sites (tertiary alicyclic amines) is 1. The van der Waals surface area contributed by atoms with Gasteiger partial charge in [0.2, 0.25) is 0 Å². The summed E-state index contributed by atoms with van der Waals surface area (Å²) in [6.45, 7) is 4.77. The zero-order chi connectivity index (χ0) is 22.6. The van der Waals surface area contributed by atoms with Crippen molar-refractivity contribution in [2.24, 2.45) is 13.0 Å². The Morgan fingerprint density at radius 3 is 2.61 bits per heavy atom. The summed E-state index contributed by atoms with van der Waals surface area (Å²) in [4.78, 5) is 25.6. The van der Waals surface area contributed by atoms with Crippen molar-refractivity contribution in [1.82, 2.24) is 19.6 Å². The molecule has 0 bridgehead atoms. The Balaban J connectivity index is 0.000000339. The Morgan fingerprint density at radius 1 is 1.29 bits per heavy atom. The fourth-order valence-corrected chi connectivity index (χ4v) is 3.64. The summed E-state index contributed by atoms with van der Waals surface area (Å²) in [6.07, 6.45) is 0.519. The molecule has 9 nitrogen and oxygen atoms in total. The number of ether oxygens (including phenoxy) is 1. The van der Waals surface area contributed by atoms with Crippen LogP contribution in [-0.4, -0.2) is 81.6 Å². The number of rotatable bonds is 3. The van der Waals surface area contributed by atoms with Crippen LogP contribution < -0.4 is 0 Å². The van der Waals surface area contributed by atoms with Crippen LogP contribution in [0.3, 0.4) is 0 Å². The molecule has 0 radical (unpaired) electrons. The summed E-state index contributed by atoms with van der Waals surface area (Å²) in [5, 5.41) is 11.4. The standard InChI is InChI=1S/C17H22N4O3.C2HF3O2/c1-19-8-13(7-18-19)9-20-4-6-24-16-12-21(11-14(16)10-20)17(22)15-3-2-5-23-15;3-2(4,5)1(6)7/h2-3,5,7-8,14,16H,4,6,9-12H2,1H3;(H,6,7)/t14-,16+;/m0./s1. The molecule has 2 fully saturated rings. The van der Waals surface area contributed by atoms with Gasteiger partial charge in [0.15, 0.2) is 5.76 Å². The molecule has 2 aliphatic rings. The number of nitrogens with zero attached hydrogens (tertiary/aromatic N) is 4. The highest BCUT2D eigenvalue weighted by Crippen LogP contribution is 2.26. The van der Waals surface area contributed by atoms with E-state index in [-0.39, 0.29) is 12.0 Å². The number of alkyl halides is 3. The number of carboxylic acid groups (broad SMARTS) is 1. The second kappa shape index (κ2) is 9.52. The van der Waals surface area contributed by atoms with Crippen molar-refractivity contribution in [2.75, 3.05) is 32.8 Å². The lowest BCUT2D eigenvalue weighted by Gasteiger charge is -2.22. The van der Waals surface area contributed by atoms with E-state index < -0.39 is 12.1 Å². The molecule has 2 saturated heterocycles. The van der Waals surface area contributed by atoms with Gasteiger partial charge in [-0.15, -0.1) is 0 Å². The monoisotopic (exact) mass is 444 g/mol. The second-order valence-corrected chi connectivity index (χ2v) is 7.42. The van der Waals surface area contributed by atoms with Gasteiger partial charge in [0.05, 0.1) is 25.2 Å². The van der Waals surface area contributed by atoms with Crippen LogP contribution in [0.15, 0.2) is 35.2 Å². The fourth-order valence-electron chi connectivity index (χ4n) is 3.64. The molecule has 1 N–H and O–H groups in total. The Labute approximate surface area is 176 Å². The molecular formula is C19H23F3N4O5. The lowest BCUT2D eigenvalue weighted by atomic mass is 10.1. The van der Waals surface area contributed by atoms with Gasteiger partial charge in [0, 0.05) is 57.4 Å². The highest BCUT2D eigenvalue weighted by atomic mass is 19.4. The number of fused-ring (bicyclic) bond motifs is 1. The van der Waals surface area contributed by atoms with E-state index in [4.69, 9.17) is 19.1 Å². The molecule has 0 aliphatic carbocycles. The summed E-state index contributed by atoms with van der Waals surface area (Å²) in [5.41, 5.74) is 1.21. The minimum Gasteiger partial charge on any atom is -0.475 e. The van der Waals surface area contributed by atoms with E-state index in [0.717, 1.165) is 19.6 Å². The molecule has 2 aromatic rings. The van der Waals surface area contributed by atoms with Gasteiger partial charge >= 0.3 is 12.1 Å². The summed E-state index contributed by atoms with van der Waals surface area (Å²) in [6, 6.07) is 3.46. The van der Waals surface area contributed by atoms with E-state index in [9.17, 15) is 18.0 Å². The first kappa shape index (κ1) is 22.8. The third-order valence-corrected chi connectivity index (χ3v) is 5.04. The molecule has 2 aliphatic heterocycles. The number of halogens is 3. The minimum atomic E-state index is -5.08. The van der Waals surface area contributed by atoms with Crippen LogP contribution in [-0.2, 0) is 23.1 Å². The van der Waals surface area contributed by atoms with Crippen LogP contribution in [0.25, 0.3) is 0 Å². The SMILES string of the molecule is Cn1cc(CN2CCO[C@@H]3CN(C(=O)c4ccco4)C[C@@H]3C2)cn1.O=C(O)C(F)(F)F. The quantitative estimate of drug-likeness (QED) is 0.768. The first-order chi connectivity index (χ1) is 14.6. The van der Waals surface area contributed by atoms with Crippen molar-refractivity contribution in [2.45, 2.75) is 18.8 Å². The van der Waals surface area contributed by atoms with E-state index in [1.54, 1.807) is 12.1 Å². The van der Waals surface area contributed by atoms with Gasteiger partial charge in [-0.05, 0) is 12.1 Å². The zero-order valence-corrected chi connectivity index (χ0v) is 16.8. The number of aliphatic carboxylic acids is 1. The molecule has 0 saturated carbocycles. The van der Waals surface area contributed by atoms with Crippen molar-refractivity contribution < 1.29 is 37.0 Å². The number of furan rings is 1. The maximum absolute atomic E-state index is 12.5. The van der Waals surface area contributed by atoms with E-state index >= 15 is 0 Å². The largest absolute Gasteiger partial charge is 0.490 e. The summed E-state index contributed by atoms with van der Waals surface area (Å²) >= 11 is 0. The Kier molecular flexibility index (Phi) is 7.01. The lowest BCUT2D eigenvalue weighted by molar-refractivity contribution is -0.192. The zero-order valence-electron chi connectivity index (χ0n) is 16.8. The summed E-state index contributed by atoms with van der Waals surface area (Å²) < 4.78 is 44.8. The predicted octanol–water partition coefficient (Wildman–Crippen LogP) is 1.62. The molecule has 2 aromatic heterocycles. The third kappa shape index (κ3) is 6.07. The lowest BCUT2D eigenvalue weighted by Crippen LogP contribution is -2.33. The van der Waals surface area contributed by atoms with Gasteiger partial charge in [-0.1, -0.05) is 0 Å². The minimum absolute atomic E-state index is 0.0458. The second-order valence-electron chi connectivity index (χ2n) is 7.42. The number of aromatic nitrogens is 2. The molecule has 0 aromatic carbocycles. The molecule has 4 heterocycles. The topological polar surface area (TPSA) is 101 Å². The number of carbonyl (C=O) groups excluding carboxylic acids is 1. The van der Waals surface area contributed by atoms with Gasteiger partial charge in [0.1, 0.15) is 0 Å². The molecule has 0 unspecified atom stereocenters. The van der Waals surface area contributed by atoms with Crippen molar-refractivity contribution in [3.63, 3.8) is 0 Å². The number of carboxylic acids is 1. The Bertz CT molecular complexity index is 883. The number of hydrogen-bond acceptors (Lipinski definition) is 6. The number of aryl methyl sites for hydroxylation is 1. The number of amides is 1. The van der Waals surface area contributed by atoms with E-state index in [1.807, 2.05) is 29.0 Å². The third-order valence-electron chi connectivity index (χ3n) is 5.04. The normalized spacial score (nSPS) is 21.7. The van der Waals surface area contributed by atoms with Crippen molar-refractivity contribution in [3.05, 3.63) is 42.1 Å². The van der Waals surface area contributed by atoms with Gasteiger partial charge in [-0.25, -0.2) is 4.79 Å². The summed E-state index contributed by atoms with van der Waals surface area (Å²) in [5.74, 6) is -2.07. The predicted molar refractivity (Wildman–Crippen MR) is 100 cm³/mol. The van der Waals surface area contributed by atoms with E-state index in [0.29, 0.717) is 31.4 Å². The van der Waals surface area contributed by atoms with E-state index in [1.165, 1.54) is 11.8 Å². The van der Waals surface area contributed by atoms with Crippen LogP contribution in [0.4, 0.5) is 13.2 Å². The van der Waals surface area contributed by atoms with Crippen LogP contribution in [0, 0.1) is 5.92 Å². The first-order valence-corrected chi connectivity index (χ1v) is 9.58. The molecule has 12 heteroatoms. The molecule has 31 heavy (non-hydrogen) atoms. The van der Waals surface area contributed by atoms with Crippen LogP contribution >= 0.6 is 0 Å².